The highest BCUT2D eigenvalue weighted by atomic mass is 16.5. The predicted octanol–water partition coefficient (Wildman–Crippen LogP) is 3.73. The van der Waals surface area contributed by atoms with Crippen molar-refractivity contribution >= 4 is 5.57 Å². The van der Waals surface area contributed by atoms with E-state index in [1.165, 1.54) is 0 Å². The third-order valence-corrected chi connectivity index (χ3v) is 2.72. The molecule has 0 heterocycles. The highest BCUT2D eigenvalue weighted by Crippen LogP contribution is 2.30. The minimum Gasteiger partial charge on any atom is -0.504 e. The van der Waals surface area contributed by atoms with E-state index >= 15 is 0 Å². The molecule has 92 valence electrons. The average Bonchev–Trinajstić information content (AvgIpc) is 2.46. The Morgan fingerprint density at radius 2 is 1.56 bits per heavy atom. The van der Waals surface area contributed by atoms with Gasteiger partial charge >= 0.3 is 0 Å². The van der Waals surface area contributed by atoms with Gasteiger partial charge in [0.05, 0.1) is 20.5 Å². The first kappa shape index (κ1) is 12.2. The molecule has 2 aromatic carbocycles. The third kappa shape index (κ3) is 2.54. The van der Waals surface area contributed by atoms with Gasteiger partial charge in [0.2, 0.25) is 0 Å². The van der Waals surface area contributed by atoms with Crippen molar-refractivity contribution in [2.24, 2.45) is 0 Å². The molecule has 0 bridgehead atoms. The maximum Gasteiger partial charge on any atom is 0.126 e. The maximum atomic E-state index is 5.40. The lowest BCUT2D eigenvalue weighted by atomic mass is 9.98. The Morgan fingerprint density at radius 3 is 2.22 bits per heavy atom. The summed E-state index contributed by atoms with van der Waals surface area (Å²) in [4.78, 5) is 0. The van der Waals surface area contributed by atoms with Gasteiger partial charge in [-0.1, -0.05) is 48.5 Å². The Hall–Kier alpha value is -2.22. The molecule has 0 aliphatic rings. The topological polar surface area (TPSA) is 18.5 Å². The Labute approximate surface area is 107 Å². The molecule has 0 aliphatic carbocycles. The van der Waals surface area contributed by atoms with Crippen LogP contribution in [0.4, 0.5) is 0 Å². The minimum atomic E-state index is 0.838. The van der Waals surface area contributed by atoms with Gasteiger partial charge in [0, 0.05) is 11.1 Å². The van der Waals surface area contributed by atoms with Crippen LogP contribution in [0, 0.1) is 0 Å². The van der Waals surface area contributed by atoms with Crippen LogP contribution in [-0.4, -0.2) is 14.2 Å². The van der Waals surface area contributed by atoms with Crippen molar-refractivity contribution in [2.45, 2.75) is 0 Å². The molecule has 2 rings (SSSR count). The van der Waals surface area contributed by atoms with Gasteiger partial charge in [-0.3, -0.25) is 0 Å². The molecule has 0 radical (unpaired) electrons. The summed E-state index contributed by atoms with van der Waals surface area (Å²) >= 11 is 0. The molecule has 0 spiro atoms. The second-order valence-corrected chi connectivity index (χ2v) is 3.83. The first-order valence-corrected chi connectivity index (χ1v) is 5.78. The number of para-hydroxylation sites is 1. The standard InChI is InChI=1S/C16H16O2/c1-17-12-15(13-8-4-3-5-9-13)14-10-6-7-11-16(14)18-2/h3-12H,1-2H3. The van der Waals surface area contributed by atoms with Gasteiger partial charge in [-0.2, -0.15) is 0 Å². The smallest absolute Gasteiger partial charge is 0.126 e. The van der Waals surface area contributed by atoms with Crippen LogP contribution >= 0.6 is 0 Å². The van der Waals surface area contributed by atoms with Crippen molar-refractivity contribution in [3.63, 3.8) is 0 Å². The van der Waals surface area contributed by atoms with Gasteiger partial charge in [-0.05, 0) is 11.6 Å². The van der Waals surface area contributed by atoms with E-state index in [1.807, 2.05) is 42.5 Å². The normalized spacial score (nSPS) is 11.1. The molecular formula is C16H16O2. The minimum absolute atomic E-state index is 0.838. The fourth-order valence-electron chi connectivity index (χ4n) is 1.89. The summed E-state index contributed by atoms with van der Waals surface area (Å²) in [7, 11) is 3.33. The summed E-state index contributed by atoms with van der Waals surface area (Å²) in [5.74, 6) is 0.838. The number of hydrogen-bond acceptors (Lipinski definition) is 2. The lowest BCUT2D eigenvalue weighted by Gasteiger charge is -2.12. The van der Waals surface area contributed by atoms with Crippen molar-refractivity contribution in [2.75, 3.05) is 14.2 Å². The van der Waals surface area contributed by atoms with E-state index in [1.54, 1.807) is 20.5 Å². The molecule has 0 amide bonds. The molecular weight excluding hydrogens is 224 g/mol. The summed E-state index contributed by atoms with van der Waals surface area (Å²) < 4.78 is 10.6. The number of ether oxygens (including phenoxy) is 2. The molecule has 0 aromatic heterocycles. The van der Waals surface area contributed by atoms with Gasteiger partial charge in [-0.15, -0.1) is 0 Å². The van der Waals surface area contributed by atoms with Crippen LogP contribution in [0.3, 0.4) is 0 Å². The van der Waals surface area contributed by atoms with E-state index in [-0.39, 0.29) is 0 Å². The summed E-state index contributed by atoms with van der Waals surface area (Å²) in [6.07, 6.45) is 1.74. The van der Waals surface area contributed by atoms with E-state index in [9.17, 15) is 0 Å². The van der Waals surface area contributed by atoms with Crippen LogP contribution in [0.1, 0.15) is 11.1 Å². The monoisotopic (exact) mass is 240 g/mol. The molecule has 2 heteroatoms. The molecule has 18 heavy (non-hydrogen) atoms. The van der Waals surface area contributed by atoms with Crippen molar-refractivity contribution in [1.82, 2.24) is 0 Å². The number of rotatable bonds is 4. The van der Waals surface area contributed by atoms with E-state index in [2.05, 4.69) is 12.1 Å². The molecule has 2 aromatic rings. The van der Waals surface area contributed by atoms with E-state index in [4.69, 9.17) is 9.47 Å². The second-order valence-electron chi connectivity index (χ2n) is 3.83. The predicted molar refractivity (Wildman–Crippen MR) is 73.5 cm³/mol. The fraction of sp³-hybridized carbons (Fsp3) is 0.125. The highest BCUT2D eigenvalue weighted by Gasteiger charge is 2.10. The van der Waals surface area contributed by atoms with Crippen molar-refractivity contribution < 1.29 is 9.47 Å². The Kier molecular flexibility index (Phi) is 4.02. The van der Waals surface area contributed by atoms with Crippen molar-refractivity contribution in [3.8, 4) is 5.75 Å². The van der Waals surface area contributed by atoms with Gasteiger partial charge in [0.1, 0.15) is 5.75 Å². The average molecular weight is 240 g/mol. The van der Waals surface area contributed by atoms with Crippen molar-refractivity contribution in [3.05, 3.63) is 72.0 Å². The first-order chi connectivity index (χ1) is 8.86. The fourth-order valence-corrected chi connectivity index (χ4v) is 1.89. The zero-order valence-corrected chi connectivity index (χ0v) is 10.6. The van der Waals surface area contributed by atoms with E-state index in [0.717, 1.165) is 22.4 Å². The van der Waals surface area contributed by atoms with Gasteiger partial charge in [0.15, 0.2) is 0 Å². The quantitative estimate of drug-likeness (QED) is 0.758. The number of hydrogen-bond donors (Lipinski definition) is 0. The summed E-state index contributed by atoms with van der Waals surface area (Å²) in [5.41, 5.74) is 3.13. The molecule has 2 nitrogen and oxygen atoms in total. The largest absolute Gasteiger partial charge is 0.504 e. The van der Waals surface area contributed by atoms with Gasteiger partial charge in [-0.25, -0.2) is 0 Å². The van der Waals surface area contributed by atoms with Crippen molar-refractivity contribution in [1.29, 1.82) is 0 Å². The van der Waals surface area contributed by atoms with E-state index < -0.39 is 0 Å². The lowest BCUT2D eigenvalue weighted by molar-refractivity contribution is 0.339. The third-order valence-electron chi connectivity index (χ3n) is 2.72. The molecule has 0 atom stereocenters. The Balaban J connectivity index is 2.53. The van der Waals surface area contributed by atoms with Crippen LogP contribution in [0.25, 0.3) is 5.57 Å². The summed E-state index contributed by atoms with van der Waals surface area (Å²) in [6.45, 7) is 0. The first-order valence-electron chi connectivity index (χ1n) is 5.78. The second kappa shape index (κ2) is 5.92. The SMILES string of the molecule is COC=C(c1ccccc1)c1ccccc1OC. The maximum absolute atomic E-state index is 5.40. The van der Waals surface area contributed by atoms with Crippen LogP contribution in [0.15, 0.2) is 60.9 Å². The lowest BCUT2D eigenvalue weighted by Crippen LogP contribution is -1.93. The number of benzene rings is 2. The molecule has 0 N–H and O–H groups in total. The van der Waals surface area contributed by atoms with Crippen LogP contribution < -0.4 is 4.74 Å². The van der Waals surface area contributed by atoms with E-state index in [0.29, 0.717) is 0 Å². The van der Waals surface area contributed by atoms with Crippen LogP contribution in [0.5, 0.6) is 5.75 Å². The van der Waals surface area contributed by atoms with Crippen LogP contribution in [0.2, 0.25) is 0 Å². The van der Waals surface area contributed by atoms with Crippen LogP contribution in [-0.2, 0) is 4.74 Å². The Morgan fingerprint density at radius 1 is 0.889 bits per heavy atom. The summed E-state index contributed by atoms with van der Waals surface area (Å²) in [6, 6.07) is 18.0. The Bertz CT molecular complexity index is 530. The van der Waals surface area contributed by atoms with Gasteiger partial charge < -0.3 is 9.47 Å². The highest BCUT2D eigenvalue weighted by molar-refractivity contribution is 5.82. The molecule has 0 saturated carbocycles. The summed E-state index contributed by atoms with van der Waals surface area (Å²) in [5, 5.41) is 0. The molecule has 0 fully saturated rings. The van der Waals surface area contributed by atoms with Gasteiger partial charge in [0.25, 0.3) is 0 Å². The zero-order valence-electron chi connectivity index (χ0n) is 10.6. The molecule has 0 unspecified atom stereocenters. The zero-order chi connectivity index (χ0) is 12.8. The number of methoxy groups -OCH3 is 2. The molecule has 0 saturated heterocycles. The molecule has 0 aliphatic heterocycles.